The van der Waals surface area contributed by atoms with E-state index in [1.54, 1.807) is 24.8 Å². The molecule has 0 saturated heterocycles. The first-order chi connectivity index (χ1) is 10.3. The maximum absolute atomic E-state index is 4.34. The highest BCUT2D eigenvalue weighted by Crippen LogP contribution is 2.15. The summed E-state index contributed by atoms with van der Waals surface area (Å²) in [5.74, 6) is 1.58. The molecule has 2 N–H and O–H groups in total. The van der Waals surface area contributed by atoms with Crippen molar-refractivity contribution in [3.63, 3.8) is 0 Å². The molecule has 0 bridgehead atoms. The van der Waals surface area contributed by atoms with Gasteiger partial charge in [0, 0.05) is 36.2 Å². The maximum atomic E-state index is 4.34. The molecule has 0 amide bonds. The Bertz CT molecular complexity index is 656. The molecule has 0 aliphatic rings. The average molecular weight is 279 g/mol. The van der Waals surface area contributed by atoms with Crippen molar-refractivity contribution >= 4 is 23.3 Å². The minimum absolute atomic E-state index is 0.477. The van der Waals surface area contributed by atoms with Gasteiger partial charge in [-0.2, -0.15) is 15.0 Å². The lowest BCUT2D eigenvalue weighted by molar-refractivity contribution is 0.989. The van der Waals surface area contributed by atoms with Gasteiger partial charge < -0.3 is 10.6 Å². The first-order valence-electron chi connectivity index (χ1n) is 6.36. The molecule has 0 saturated carbocycles. The number of nitrogens with one attached hydrogen (secondary N) is 2. The van der Waals surface area contributed by atoms with Crippen molar-refractivity contribution in [2.45, 2.75) is 6.92 Å². The van der Waals surface area contributed by atoms with E-state index in [2.05, 4.69) is 35.6 Å². The lowest BCUT2D eigenvalue weighted by atomic mass is 10.4. The Morgan fingerprint density at radius 1 is 0.667 bits per heavy atom. The molecule has 3 aromatic heterocycles. The summed E-state index contributed by atoms with van der Waals surface area (Å²) in [5, 5.41) is 6.23. The average Bonchev–Trinajstić information content (AvgIpc) is 2.48. The van der Waals surface area contributed by atoms with Crippen LogP contribution in [0.2, 0.25) is 0 Å². The van der Waals surface area contributed by atoms with E-state index in [9.17, 15) is 0 Å². The zero-order valence-electron chi connectivity index (χ0n) is 11.4. The van der Waals surface area contributed by atoms with Crippen molar-refractivity contribution in [2.24, 2.45) is 0 Å². The molecule has 3 aromatic rings. The van der Waals surface area contributed by atoms with Crippen LogP contribution in [0.1, 0.15) is 5.82 Å². The van der Waals surface area contributed by atoms with E-state index in [1.165, 1.54) is 0 Å². The molecule has 7 nitrogen and oxygen atoms in total. The summed E-state index contributed by atoms with van der Waals surface area (Å²) in [7, 11) is 0. The summed E-state index contributed by atoms with van der Waals surface area (Å²) in [6.45, 7) is 1.82. The summed E-state index contributed by atoms with van der Waals surface area (Å²) in [6, 6.07) is 7.37. The molecule has 0 aliphatic carbocycles. The van der Waals surface area contributed by atoms with Crippen LogP contribution in [-0.2, 0) is 0 Å². The number of hydrogen-bond acceptors (Lipinski definition) is 7. The minimum Gasteiger partial charge on any atom is -0.324 e. The fourth-order valence-corrected chi connectivity index (χ4v) is 1.72. The number of aryl methyl sites for hydroxylation is 1. The van der Waals surface area contributed by atoms with Crippen LogP contribution in [0, 0.1) is 6.92 Å². The Hall–Kier alpha value is -3.09. The molecule has 21 heavy (non-hydrogen) atoms. The molecule has 0 atom stereocenters. The SMILES string of the molecule is Cc1nc(Nc2ccncc2)nc(Nc2ccncc2)n1. The quantitative estimate of drug-likeness (QED) is 0.758. The third-order valence-corrected chi connectivity index (χ3v) is 2.62. The highest BCUT2D eigenvalue weighted by Gasteiger charge is 2.04. The minimum atomic E-state index is 0.477. The Labute approximate surface area is 121 Å². The van der Waals surface area contributed by atoms with Gasteiger partial charge in [-0.25, -0.2) is 0 Å². The molecule has 7 heteroatoms. The van der Waals surface area contributed by atoms with Gasteiger partial charge in [0.15, 0.2) is 0 Å². The fraction of sp³-hybridized carbons (Fsp3) is 0.0714. The lowest BCUT2D eigenvalue weighted by Gasteiger charge is -2.08. The van der Waals surface area contributed by atoms with Crippen molar-refractivity contribution < 1.29 is 0 Å². The second kappa shape index (κ2) is 5.91. The summed E-state index contributed by atoms with van der Waals surface area (Å²) < 4.78 is 0. The first-order valence-corrected chi connectivity index (χ1v) is 6.36. The van der Waals surface area contributed by atoms with E-state index in [-0.39, 0.29) is 0 Å². The monoisotopic (exact) mass is 279 g/mol. The smallest absolute Gasteiger partial charge is 0.232 e. The van der Waals surface area contributed by atoms with Crippen LogP contribution in [0.25, 0.3) is 0 Å². The van der Waals surface area contributed by atoms with E-state index in [1.807, 2.05) is 31.2 Å². The van der Waals surface area contributed by atoms with Crippen LogP contribution >= 0.6 is 0 Å². The molecule has 0 radical (unpaired) electrons. The third kappa shape index (κ3) is 3.47. The van der Waals surface area contributed by atoms with E-state index in [0.29, 0.717) is 17.7 Å². The van der Waals surface area contributed by atoms with Gasteiger partial charge >= 0.3 is 0 Å². The number of nitrogens with zero attached hydrogens (tertiary/aromatic N) is 5. The summed E-state index contributed by atoms with van der Waals surface area (Å²) in [6.07, 6.45) is 6.80. The Kier molecular flexibility index (Phi) is 3.64. The highest BCUT2D eigenvalue weighted by molar-refractivity contribution is 5.56. The van der Waals surface area contributed by atoms with Gasteiger partial charge in [-0.15, -0.1) is 0 Å². The van der Waals surface area contributed by atoms with E-state index in [0.717, 1.165) is 11.4 Å². The van der Waals surface area contributed by atoms with Crippen LogP contribution in [0.15, 0.2) is 49.1 Å². The van der Waals surface area contributed by atoms with Gasteiger partial charge in [0.05, 0.1) is 0 Å². The zero-order chi connectivity index (χ0) is 14.5. The van der Waals surface area contributed by atoms with Gasteiger partial charge in [-0.3, -0.25) is 9.97 Å². The Balaban J connectivity index is 1.83. The number of pyridine rings is 2. The van der Waals surface area contributed by atoms with Gasteiger partial charge in [0.2, 0.25) is 11.9 Å². The van der Waals surface area contributed by atoms with Crippen molar-refractivity contribution in [1.29, 1.82) is 0 Å². The first kappa shape index (κ1) is 12.9. The van der Waals surface area contributed by atoms with Gasteiger partial charge in [0.1, 0.15) is 5.82 Å². The molecular formula is C14H13N7. The molecule has 0 unspecified atom stereocenters. The molecule has 0 aromatic carbocycles. The van der Waals surface area contributed by atoms with E-state index < -0.39 is 0 Å². The maximum Gasteiger partial charge on any atom is 0.232 e. The Morgan fingerprint density at radius 2 is 1.10 bits per heavy atom. The van der Waals surface area contributed by atoms with Crippen LogP contribution in [0.5, 0.6) is 0 Å². The molecular weight excluding hydrogens is 266 g/mol. The predicted molar refractivity (Wildman–Crippen MR) is 79.6 cm³/mol. The summed E-state index contributed by atoms with van der Waals surface area (Å²) >= 11 is 0. The number of hydrogen-bond donors (Lipinski definition) is 2. The second-order valence-corrected chi connectivity index (χ2v) is 4.25. The molecule has 3 heterocycles. The van der Waals surface area contributed by atoms with Crippen molar-refractivity contribution in [3.8, 4) is 0 Å². The van der Waals surface area contributed by atoms with Crippen LogP contribution in [0.3, 0.4) is 0 Å². The predicted octanol–water partition coefficient (Wildman–Crippen LogP) is 2.46. The fourth-order valence-electron chi connectivity index (χ4n) is 1.72. The largest absolute Gasteiger partial charge is 0.324 e. The zero-order valence-corrected chi connectivity index (χ0v) is 11.4. The van der Waals surface area contributed by atoms with Gasteiger partial charge in [0.25, 0.3) is 0 Å². The number of rotatable bonds is 4. The number of aromatic nitrogens is 5. The second-order valence-electron chi connectivity index (χ2n) is 4.25. The number of anilines is 4. The van der Waals surface area contributed by atoms with Gasteiger partial charge in [-0.1, -0.05) is 0 Å². The van der Waals surface area contributed by atoms with Crippen molar-refractivity contribution in [3.05, 3.63) is 54.9 Å². The third-order valence-electron chi connectivity index (χ3n) is 2.62. The van der Waals surface area contributed by atoms with E-state index in [4.69, 9.17) is 0 Å². The van der Waals surface area contributed by atoms with Crippen LogP contribution < -0.4 is 10.6 Å². The topological polar surface area (TPSA) is 88.5 Å². The summed E-state index contributed by atoms with van der Waals surface area (Å²) in [5.41, 5.74) is 1.73. The molecule has 104 valence electrons. The molecule has 0 spiro atoms. The normalized spacial score (nSPS) is 10.1. The Morgan fingerprint density at radius 3 is 1.52 bits per heavy atom. The highest BCUT2D eigenvalue weighted by atomic mass is 15.2. The molecule has 0 aliphatic heterocycles. The van der Waals surface area contributed by atoms with Crippen LogP contribution in [-0.4, -0.2) is 24.9 Å². The van der Waals surface area contributed by atoms with E-state index >= 15 is 0 Å². The van der Waals surface area contributed by atoms with Crippen molar-refractivity contribution in [2.75, 3.05) is 10.6 Å². The molecule has 0 fully saturated rings. The molecule has 3 rings (SSSR count). The van der Waals surface area contributed by atoms with Gasteiger partial charge in [-0.05, 0) is 31.2 Å². The van der Waals surface area contributed by atoms with Crippen LogP contribution in [0.4, 0.5) is 23.3 Å². The lowest BCUT2D eigenvalue weighted by Crippen LogP contribution is -2.05. The summed E-state index contributed by atoms with van der Waals surface area (Å²) in [4.78, 5) is 20.8. The van der Waals surface area contributed by atoms with Crippen molar-refractivity contribution in [1.82, 2.24) is 24.9 Å². The standard InChI is InChI=1S/C14H13N7/c1-10-17-13(19-11-2-6-15-7-3-11)21-14(18-10)20-12-4-8-16-9-5-12/h2-9H,1H3,(H2,15,16,17,18,19,20,21).